The summed E-state index contributed by atoms with van der Waals surface area (Å²) in [7, 11) is 0. The quantitative estimate of drug-likeness (QED) is 0.239. The maximum absolute atomic E-state index is 9.71. The smallest absolute Gasteiger partial charge is 0.169 e. The normalized spacial score (nSPS) is 13.1. The highest BCUT2D eigenvalue weighted by molar-refractivity contribution is 6.15. The fourth-order valence-electron chi connectivity index (χ4n) is 5.43. The van der Waals surface area contributed by atoms with Crippen LogP contribution in [-0.4, -0.2) is 11.7 Å². The number of hydrogen-bond acceptors (Lipinski definition) is 4. The number of benzene rings is 6. The van der Waals surface area contributed by atoms with Crippen molar-refractivity contribution in [2.75, 3.05) is 0 Å². The molecule has 6 aromatic rings. The van der Waals surface area contributed by atoms with E-state index >= 15 is 0 Å². The molecule has 42 heavy (non-hydrogen) atoms. The Morgan fingerprint density at radius 3 is 1.79 bits per heavy atom. The maximum Gasteiger partial charge on any atom is 0.169 e. The van der Waals surface area contributed by atoms with Gasteiger partial charge in [-0.25, -0.2) is 9.98 Å². The molecule has 198 valence electrons. The van der Waals surface area contributed by atoms with Crippen molar-refractivity contribution in [3.63, 3.8) is 0 Å². The number of nitrogens with one attached hydrogen (secondary N) is 1. The van der Waals surface area contributed by atoms with Crippen molar-refractivity contribution in [2.45, 2.75) is 6.17 Å². The van der Waals surface area contributed by atoms with Gasteiger partial charge in [-0.3, -0.25) is 0 Å². The molecule has 1 aliphatic heterocycles. The third-order valence-electron chi connectivity index (χ3n) is 7.60. The van der Waals surface area contributed by atoms with Gasteiger partial charge in [0, 0.05) is 16.7 Å². The second-order valence-electron chi connectivity index (χ2n) is 10.2. The molecular formula is C38H26N4. The highest BCUT2D eigenvalue weighted by Gasteiger charge is 2.20. The van der Waals surface area contributed by atoms with Gasteiger partial charge in [-0.1, -0.05) is 133 Å². The average Bonchev–Trinajstić information content (AvgIpc) is 3.08. The van der Waals surface area contributed by atoms with Gasteiger partial charge in [0.1, 0.15) is 11.7 Å². The number of fused-ring (bicyclic) bond motifs is 1. The third kappa shape index (κ3) is 4.85. The van der Waals surface area contributed by atoms with Gasteiger partial charge in [0.15, 0.2) is 6.17 Å². The number of rotatable bonds is 5. The van der Waals surface area contributed by atoms with Crippen LogP contribution < -0.4 is 5.32 Å². The Morgan fingerprint density at radius 1 is 0.524 bits per heavy atom. The molecule has 0 bridgehead atoms. The lowest BCUT2D eigenvalue weighted by Crippen LogP contribution is -2.35. The van der Waals surface area contributed by atoms with Crippen molar-refractivity contribution >= 4 is 22.4 Å². The Balaban J connectivity index is 1.26. The summed E-state index contributed by atoms with van der Waals surface area (Å²) in [5.74, 6) is 1.61. The van der Waals surface area contributed by atoms with Crippen LogP contribution in [0.15, 0.2) is 156 Å². The molecule has 0 fully saturated rings. The van der Waals surface area contributed by atoms with Crippen molar-refractivity contribution in [3.8, 4) is 28.3 Å². The van der Waals surface area contributed by atoms with E-state index in [0.29, 0.717) is 5.56 Å². The highest BCUT2D eigenvalue weighted by Crippen LogP contribution is 2.34. The second-order valence-corrected chi connectivity index (χ2v) is 10.2. The number of hydrogen-bond donors (Lipinski definition) is 1. The van der Waals surface area contributed by atoms with E-state index in [2.05, 4.69) is 90.2 Å². The Bertz CT molecular complexity index is 1950. The molecule has 1 N–H and O–H groups in total. The van der Waals surface area contributed by atoms with Crippen LogP contribution in [0.5, 0.6) is 0 Å². The van der Waals surface area contributed by atoms with Gasteiger partial charge in [-0.15, -0.1) is 0 Å². The minimum Gasteiger partial charge on any atom is -0.324 e. The molecule has 6 aromatic carbocycles. The van der Waals surface area contributed by atoms with Gasteiger partial charge >= 0.3 is 0 Å². The lowest BCUT2D eigenvalue weighted by atomic mass is 9.92. The van der Waals surface area contributed by atoms with Crippen LogP contribution in [0.3, 0.4) is 0 Å². The SMILES string of the molecule is N#Cc1ccccc1-c1cccc2ccc(-c3ccc(C4N=C(c5ccccc5)NC(c5ccccc5)=N4)cc3)cc12. The molecule has 1 heterocycles. The van der Waals surface area contributed by atoms with Crippen LogP contribution in [0.4, 0.5) is 0 Å². The van der Waals surface area contributed by atoms with E-state index in [1.54, 1.807) is 0 Å². The Kier molecular flexibility index (Phi) is 6.60. The lowest BCUT2D eigenvalue weighted by molar-refractivity contribution is 0.756. The van der Waals surface area contributed by atoms with E-state index in [1.807, 2.05) is 66.7 Å². The molecule has 0 atom stereocenters. The minimum absolute atomic E-state index is 0.364. The van der Waals surface area contributed by atoms with Crippen molar-refractivity contribution in [2.24, 2.45) is 9.98 Å². The monoisotopic (exact) mass is 538 g/mol. The first kappa shape index (κ1) is 25.2. The summed E-state index contributed by atoms with van der Waals surface area (Å²) >= 11 is 0. The number of aliphatic imine (C=N–C) groups is 2. The second kappa shape index (κ2) is 11.0. The van der Waals surface area contributed by atoms with E-state index in [9.17, 15) is 5.26 Å². The molecule has 4 heteroatoms. The molecule has 0 radical (unpaired) electrons. The zero-order valence-electron chi connectivity index (χ0n) is 22.8. The van der Waals surface area contributed by atoms with Gasteiger partial charge in [-0.05, 0) is 45.2 Å². The Hall–Kier alpha value is -5.79. The van der Waals surface area contributed by atoms with Gasteiger partial charge in [0.05, 0.1) is 11.6 Å². The molecule has 0 saturated heterocycles. The number of nitrogens with zero attached hydrogens (tertiary/aromatic N) is 3. The Labute approximate surface area is 245 Å². The molecule has 7 rings (SSSR count). The topological polar surface area (TPSA) is 60.5 Å². The first-order chi connectivity index (χ1) is 20.8. The molecular weight excluding hydrogens is 512 g/mol. The van der Waals surface area contributed by atoms with Crippen molar-refractivity contribution in [3.05, 3.63) is 168 Å². The predicted molar refractivity (Wildman–Crippen MR) is 171 cm³/mol. The van der Waals surface area contributed by atoms with Gasteiger partial charge in [0.2, 0.25) is 0 Å². The highest BCUT2D eigenvalue weighted by atomic mass is 15.2. The van der Waals surface area contributed by atoms with Crippen LogP contribution >= 0.6 is 0 Å². The lowest BCUT2D eigenvalue weighted by Gasteiger charge is -2.22. The van der Waals surface area contributed by atoms with Crippen LogP contribution in [-0.2, 0) is 0 Å². The van der Waals surface area contributed by atoms with E-state index in [1.165, 1.54) is 0 Å². The van der Waals surface area contributed by atoms with Crippen LogP contribution in [0.2, 0.25) is 0 Å². The van der Waals surface area contributed by atoms with E-state index < -0.39 is 0 Å². The number of nitriles is 1. The first-order valence-electron chi connectivity index (χ1n) is 13.9. The molecule has 0 spiro atoms. The first-order valence-corrected chi connectivity index (χ1v) is 13.9. The van der Waals surface area contributed by atoms with Gasteiger partial charge in [-0.2, -0.15) is 5.26 Å². The van der Waals surface area contributed by atoms with Crippen LogP contribution in [0, 0.1) is 11.3 Å². The van der Waals surface area contributed by atoms with E-state index in [0.717, 1.165) is 61.4 Å². The zero-order chi connectivity index (χ0) is 28.3. The van der Waals surface area contributed by atoms with Gasteiger partial charge < -0.3 is 5.32 Å². The fraction of sp³-hybridized carbons (Fsp3) is 0.0263. The largest absolute Gasteiger partial charge is 0.324 e. The fourth-order valence-corrected chi connectivity index (χ4v) is 5.43. The summed E-state index contributed by atoms with van der Waals surface area (Å²) in [4.78, 5) is 9.99. The summed E-state index contributed by atoms with van der Waals surface area (Å²) in [6, 6.07) is 51.7. The Morgan fingerprint density at radius 2 is 1.12 bits per heavy atom. The van der Waals surface area contributed by atoms with Gasteiger partial charge in [0.25, 0.3) is 0 Å². The maximum atomic E-state index is 9.71. The molecule has 0 saturated carbocycles. The van der Waals surface area contributed by atoms with Crippen molar-refractivity contribution < 1.29 is 0 Å². The van der Waals surface area contributed by atoms with Crippen LogP contribution in [0.1, 0.15) is 28.4 Å². The summed E-state index contributed by atoms with van der Waals surface area (Å²) in [6.45, 7) is 0. The molecule has 0 aromatic heterocycles. The van der Waals surface area contributed by atoms with Crippen molar-refractivity contribution in [1.82, 2.24) is 5.32 Å². The number of amidine groups is 2. The summed E-state index contributed by atoms with van der Waals surface area (Å²) in [6.07, 6.45) is -0.364. The van der Waals surface area contributed by atoms with E-state index in [4.69, 9.17) is 9.98 Å². The zero-order valence-corrected chi connectivity index (χ0v) is 22.8. The van der Waals surface area contributed by atoms with Crippen molar-refractivity contribution in [1.29, 1.82) is 5.26 Å². The average molecular weight is 539 g/mol. The molecule has 0 aliphatic carbocycles. The third-order valence-corrected chi connectivity index (χ3v) is 7.60. The minimum atomic E-state index is -0.364. The van der Waals surface area contributed by atoms with E-state index in [-0.39, 0.29) is 6.17 Å². The molecule has 1 aliphatic rings. The standard InChI is InChI=1S/C38H26N4/c39-25-32-14-7-8-16-33(32)34-17-9-15-27-20-23-31(24-35(27)34)26-18-21-30(22-19-26)38-41-36(28-10-3-1-4-11-28)40-37(42-38)29-12-5-2-6-13-29/h1-24,38H,(H,40,41,42). The van der Waals surface area contributed by atoms with Crippen LogP contribution in [0.25, 0.3) is 33.0 Å². The molecule has 0 amide bonds. The predicted octanol–water partition coefficient (Wildman–Crippen LogP) is 8.54. The summed E-state index contributed by atoms with van der Waals surface area (Å²) < 4.78 is 0. The molecule has 0 unspecified atom stereocenters. The molecule has 4 nitrogen and oxygen atoms in total. The summed E-state index contributed by atoms with van der Waals surface area (Å²) in [5, 5.41) is 15.4. The summed E-state index contributed by atoms with van der Waals surface area (Å²) in [5.41, 5.74) is 7.96.